The largest absolute Gasteiger partial charge is 0.385 e. The number of anilines is 1. The van der Waals surface area contributed by atoms with E-state index in [1.807, 2.05) is 6.07 Å². The highest BCUT2D eigenvalue weighted by Crippen LogP contribution is 2.26. The first-order chi connectivity index (χ1) is 10.1. The summed E-state index contributed by atoms with van der Waals surface area (Å²) in [5, 5.41) is 3.40. The third-order valence-electron chi connectivity index (χ3n) is 4.50. The highest BCUT2D eigenvalue weighted by molar-refractivity contribution is 5.95. The third-order valence-corrected chi connectivity index (χ3v) is 4.50. The zero-order valence-corrected chi connectivity index (χ0v) is 13.1. The van der Waals surface area contributed by atoms with Crippen LogP contribution in [0.5, 0.6) is 0 Å². The van der Waals surface area contributed by atoms with E-state index < -0.39 is 0 Å². The summed E-state index contributed by atoms with van der Waals surface area (Å²) in [7, 11) is 4.15. The van der Waals surface area contributed by atoms with E-state index in [0.29, 0.717) is 6.04 Å². The summed E-state index contributed by atoms with van der Waals surface area (Å²) in [4.78, 5) is 17.1. The van der Waals surface area contributed by atoms with Crippen molar-refractivity contribution in [2.45, 2.75) is 31.7 Å². The van der Waals surface area contributed by atoms with Crippen molar-refractivity contribution >= 4 is 11.6 Å². The van der Waals surface area contributed by atoms with E-state index in [4.69, 9.17) is 0 Å². The SMILES string of the molecule is CN(C)CC1CCCN1C(=O)c1ccc2c(c1)CCCN2. The number of hydrogen-bond donors (Lipinski definition) is 1. The number of fused-ring (bicyclic) bond motifs is 1. The summed E-state index contributed by atoms with van der Waals surface area (Å²) < 4.78 is 0. The predicted octanol–water partition coefficient (Wildman–Crippen LogP) is 2.21. The van der Waals surface area contributed by atoms with Gasteiger partial charge < -0.3 is 15.1 Å². The molecule has 4 heteroatoms. The van der Waals surface area contributed by atoms with Gasteiger partial charge in [0.15, 0.2) is 0 Å². The van der Waals surface area contributed by atoms with Crippen molar-refractivity contribution in [2.75, 3.05) is 39.0 Å². The average Bonchev–Trinajstić information content (AvgIpc) is 2.93. The van der Waals surface area contributed by atoms with Gasteiger partial charge in [0.05, 0.1) is 0 Å². The van der Waals surface area contributed by atoms with E-state index in [1.165, 1.54) is 11.3 Å². The first kappa shape index (κ1) is 14.4. The lowest BCUT2D eigenvalue weighted by Gasteiger charge is -2.28. The van der Waals surface area contributed by atoms with Crippen molar-refractivity contribution in [3.8, 4) is 0 Å². The number of aryl methyl sites for hydroxylation is 1. The van der Waals surface area contributed by atoms with Gasteiger partial charge in [-0.05, 0) is 63.5 Å². The molecule has 0 aromatic heterocycles. The normalized spacial score (nSPS) is 21.3. The molecule has 1 unspecified atom stereocenters. The number of likely N-dealkylation sites (N-methyl/N-ethyl adjacent to an activating group) is 1. The van der Waals surface area contributed by atoms with Gasteiger partial charge in [0.1, 0.15) is 0 Å². The number of carbonyl (C=O) groups excluding carboxylic acids is 1. The van der Waals surface area contributed by atoms with Crippen molar-refractivity contribution in [3.63, 3.8) is 0 Å². The molecule has 3 rings (SSSR count). The van der Waals surface area contributed by atoms with Gasteiger partial charge in [-0.25, -0.2) is 0 Å². The molecule has 2 aliphatic rings. The molecule has 1 atom stereocenters. The van der Waals surface area contributed by atoms with Crippen molar-refractivity contribution in [1.29, 1.82) is 0 Å². The van der Waals surface area contributed by atoms with Crippen molar-refractivity contribution in [2.24, 2.45) is 0 Å². The molecule has 0 bridgehead atoms. The molecule has 1 aromatic carbocycles. The van der Waals surface area contributed by atoms with Crippen LogP contribution in [0.25, 0.3) is 0 Å². The smallest absolute Gasteiger partial charge is 0.254 e. The van der Waals surface area contributed by atoms with Gasteiger partial charge in [-0.3, -0.25) is 4.79 Å². The topological polar surface area (TPSA) is 35.6 Å². The maximum Gasteiger partial charge on any atom is 0.254 e. The van der Waals surface area contributed by atoms with E-state index in [2.05, 4.69) is 41.3 Å². The molecule has 1 N–H and O–H groups in total. The number of benzene rings is 1. The van der Waals surface area contributed by atoms with E-state index in [0.717, 1.165) is 50.9 Å². The van der Waals surface area contributed by atoms with Crippen LogP contribution < -0.4 is 5.32 Å². The molecule has 1 fully saturated rings. The van der Waals surface area contributed by atoms with Crippen LogP contribution in [0.1, 0.15) is 35.2 Å². The number of rotatable bonds is 3. The van der Waals surface area contributed by atoms with Crippen LogP contribution >= 0.6 is 0 Å². The maximum atomic E-state index is 12.8. The zero-order valence-electron chi connectivity index (χ0n) is 13.1. The number of nitrogens with zero attached hydrogens (tertiary/aromatic N) is 2. The Bertz CT molecular complexity index is 527. The molecule has 21 heavy (non-hydrogen) atoms. The summed E-state index contributed by atoms with van der Waals surface area (Å²) in [5.41, 5.74) is 3.34. The first-order valence-corrected chi connectivity index (χ1v) is 7.97. The Labute approximate surface area is 127 Å². The zero-order chi connectivity index (χ0) is 14.8. The Hall–Kier alpha value is -1.55. The van der Waals surface area contributed by atoms with Gasteiger partial charge in [-0.1, -0.05) is 0 Å². The van der Waals surface area contributed by atoms with Crippen LogP contribution in [0, 0.1) is 0 Å². The molecule has 0 spiro atoms. The van der Waals surface area contributed by atoms with Gasteiger partial charge in [0, 0.05) is 36.9 Å². The standard InChI is InChI=1S/C17H25N3O/c1-19(2)12-15-6-4-10-20(15)17(21)14-7-8-16-13(11-14)5-3-9-18-16/h7-8,11,15,18H,3-6,9-10,12H2,1-2H3. The lowest BCUT2D eigenvalue weighted by atomic mass is 10.00. The second kappa shape index (κ2) is 6.06. The van der Waals surface area contributed by atoms with Crippen LogP contribution in [0.2, 0.25) is 0 Å². The molecule has 0 aliphatic carbocycles. The van der Waals surface area contributed by atoms with Crippen LogP contribution in [0.4, 0.5) is 5.69 Å². The molecule has 2 heterocycles. The van der Waals surface area contributed by atoms with Crippen molar-refractivity contribution in [3.05, 3.63) is 29.3 Å². The third kappa shape index (κ3) is 3.05. The lowest BCUT2D eigenvalue weighted by molar-refractivity contribution is 0.0716. The number of amides is 1. The monoisotopic (exact) mass is 287 g/mol. The van der Waals surface area contributed by atoms with Crippen LogP contribution in [-0.2, 0) is 6.42 Å². The van der Waals surface area contributed by atoms with Crippen LogP contribution in [0.3, 0.4) is 0 Å². The first-order valence-electron chi connectivity index (χ1n) is 7.97. The minimum atomic E-state index is 0.202. The fraction of sp³-hybridized carbons (Fsp3) is 0.588. The molecule has 1 saturated heterocycles. The average molecular weight is 287 g/mol. The second-order valence-corrected chi connectivity index (χ2v) is 6.46. The quantitative estimate of drug-likeness (QED) is 0.926. The van der Waals surface area contributed by atoms with E-state index in [1.54, 1.807) is 0 Å². The number of carbonyl (C=O) groups is 1. The molecular formula is C17H25N3O. The highest BCUT2D eigenvalue weighted by atomic mass is 16.2. The summed E-state index contributed by atoms with van der Waals surface area (Å²) in [6, 6.07) is 6.50. The Morgan fingerprint density at radius 3 is 3.05 bits per heavy atom. The molecule has 114 valence electrons. The molecule has 0 radical (unpaired) electrons. The fourth-order valence-corrected chi connectivity index (χ4v) is 3.49. The molecule has 0 saturated carbocycles. The second-order valence-electron chi connectivity index (χ2n) is 6.46. The van der Waals surface area contributed by atoms with Crippen LogP contribution in [0.15, 0.2) is 18.2 Å². The van der Waals surface area contributed by atoms with E-state index in [-0.39, 0.29) is 5.91 Å². The van der Waals surface area contributed by atoms with Gasteiger partial charge in [-0.2, -0.15) is 0 Å². The Morgan fingerprint density at radius 1 is 1.38 bits per heavy atom. The molecule has 2 aliphatic heterocycles. The minimum Gasteiger partial charge on any atom is -0.385 e. The molecular weight excluding hydrogens is 262 g/mol. The summed E-state index contributed by atoms with van der Waals surface area (Å²) in [6.07, 6.45) is 4.47. The molecule has 1 amide bonds. The van der Waals surface area contributed by atoms with Crippen LogP contribution in [-0.4, -0.2) is 55.5 Å². The lowest BCUT2D eigenvalue weighted by Crippen LogP contribution is -2.41. The van der Waals surface area contributed by atoms with Gasteiger partial charge in [0.2, 0.25) is 0 Å². The Balaban J connectivity index is 1.78. The fourth-order valence-electron chi connectivity index (χ4n) is 3.49. The summed E-state index contributed by atoms with van der Waals surface area (Å²) in [6.45, 7) is 2.89. The molecule has 1 aromatic rings. The Morgan fingerprint density at radius 2 is 2.24 bits per heavy atom. The van der Waals surface area contributed by atoms with E-state index in [9.17, 15) is 4.79 Å². The minimum absolute atomic E-state index is 0.202. The maximum absolute atomic E-state index is 12.8. The molecule has 4 nitrogen and oxygen atoms in total. The Kier molecular flexibility index (Phi) is 4.15. The number of hydrogen-bond acceptors (Lipinski definition) is 3. The van der Waals surface area contributed by atoms with Crippen molar-refractivity contribution in [1.82, 2.24) is 9.80 Å². The highest BCUT2D eigenvalue weighted by Gasteiger charge is 2.29. The number of likely N-dealkylation sites (tertiary alicyclic amines) is 1. The van der Waals surface area contributed by atoms with Gasteiger partial charge >= 0.3 is 0 Å². The van der Waals surface area contributed by atoms with Gasteiger partial charge in [0.25, 0.3) is 5.91 Å². The van der Waals surface area contributed by atoms with E-state index >= 15 is 0 Å². The summed E-state index contributed by atoms with van der Waals surface area (Å²) >= 11 is 0. The number of nitrogens with one attached hydrogen (secondary N) is 1. The van der Waals surface area contributed by atoms with Crippen molar-refractivity contribution < 1.29 is 4.79 Å². The van der Waals surface area contributed by atoms with Gasteiger partial charge in [-0.15, -0.1) is 0 Å². The summed E-state index contributed by atoms with van der Waals surface area (Å²) in [5.74, 6) is 0.202. The predicted molar refractivity (Wildman–Crippen MR) is 85.9 cm³/mol.